The molecule has 7 heavy (non-hydrogen) atoms. The van der Waals surface area contributed by atoms with Gasteiger partial charge in [-0.3, -0.25) is 0 Å². The normalized spacial score (nSPS) is 6.00. The van der Waals surface area contributed by atoms with Gasteiger partial charge in [-0.05, 0) is 6.42 Å². The summed E-state index contributed by atoms with van der Waals surface area (Å²) in [5.74, 6) is 0. The van der Waals surface area contributed by atoms with Gasteiger partial charge in [0.25, 0.3) is 0 Å². The van der Waals surface area contributed by atoms with E-state index >= 15 is 0 Å². The van der Waals surface area contributed by atoms with Gasteiger partial charge < -0.3 is 11.3 Å². The molecule has 0 amide bonds. The molecule has 0 aliphatic rings. The molecule has 3 heteroatoms. The molecule has 0 aromatic heterocycles. The van der Waals surface area contributed by atoms with Crippen LogP contribution < -0.4 is 6.15 Å². The van der Waals surface area contributed by atoms with E-state index in [0.29, 0.717) is 6.61 Å². The predicted octanol–water partition coefficient (Wildman–Crippen LogP) is 0.292. The van der Waals surface area contributed by atoms with E-state index in [1.807, 2.05) is 0 Å². The van der Waals surface area contributed by atoms with E-state index in [9.17, 15) is 0 Å². The van der Waals surface area contributed by atoms with E-state index in [1.54, 1.807) is 0 Å². The molecular weight excluding hydrogens is 117 g/mol. The van der Waals surface area contributed by atoms with Crippen LogP contribution in [0.3, 0.4) is 0 Å². The van der Waals surface area contributed by atoms with Crippen molar-refractivity contribution in [3.8, 4) is 0 Å². The number of hydrogen-bond donors (Lipinski definition) is 2. The molecule has 4 N–H and O–H groups in total. The fraction of sp³-hybridized carbons (Fsp3) is 1.00. The van der Waals surface area contributed by atoms with E-state index in [0.717, 1.165) is 12.8 Å². The maximum atomic E-state index is 8.07. The second kappa shape index (κ2) is 15.6. The van der Waals surface area contributed by atoms with Crippen molar-refractivity contribution in [3.05, 3.63) is 0 Å². The third-order valence-electron chi connectivity index (χ3n) is 0.512. The first kappa shape index (κ1) is 15.8. The van der Waals surface area contributed by atoms with Crippen LogP contribution in [0.25, 0.3) is 0 Å². The van der Waals surface area contributed by atoms with E-state index in [-0.39, 0.29) is 57.5 Å². The van der Waals surface area contributed by atoms with Gasteiger partial charge in [0.05, 0.1) is 0 Å². The number of unbranched alkanes of at least 4 members (excludes halogenated alkanes) is 1. The van der Waals surface area contributed by atoms with Crippen molar-refractivity contribution in [1.29, 1.82) is 0 Å². The summed E-state index contributed by atoms with van der Waals surface area (Å²) in [4.78, 5) is 0. The van der Waals surface area contributed by atoms with Crippen LogP contribution in [0.5, 0.6) is 0 Å². The Morgan fingerprint density at radius 3 is 1.86 bits per heavy atom. The standard InChI is InChI=1S/C4H10O.K.H3N.H/c1-2-3-4-5;;;/h5H,2-4H2,1H3;;1H3;. The van der Waals surface area contributed by atoms with Crippen molar-refractivity contribution in [1.82, 2.24) is 6.15 Å². The molecule has 0 radical (unpaired) electrons. The van der Waals surface area contributed by atoms with Crippen LogP contribution in [0.2, 0.25) is 0 Å². The molecule has 0 heterocycles. The Labute approximate surface area is 87.7 Å². The molecule has 0 saturated heterocycles. The van der Waals surface area contributed by atoms with Gasteiger partial charge in [0.15, 0.2) is 0 Å². The summed E-state index contributed by atoms with van der Waals surface area (Å²) < 4.78 is 0. The van der Waals surface area contributed by atoms with Crippen LogP contribution in [0.15, 0.2) is 0 Å². The molecular formula is C4H14KNO. The summed E-state index contributed by atoms with van der Waals surface area (Å²) in [6, 6.07) is 0. The van der Waals surface area contributed by atoms with Gasteiger partial charge in [0.2, 0.25) is 0 Å². The fourth-order valence-corrected chi connectivity index (χ4v) is 0.158. The minimum absolute atomic E-state index is 0. The molecule has 0 saturated carbocycles. The maximum absolute atomic E-state index is 8.07. The SMILES string of the molecule is CCCCO.N.[KH]. The molecule has 0 unspecified atom stereocenters. The Morgan fingerprint density at radius 1 is 1.43 bits per heavy atom. The average Bonchev–Trinajstić information content (AvgIpc) is 1.41. The van der Waals surface area contributed by atoms with Crippen molar-refractivity contribution >= 4 is 51.4 Å². The van der Waals surface area contributed by atoms with Gasteiger partial charge in [-0.2, -0.15) is 0 Å². The predicted molar refractivity (Wildman–Crippen MR) is 34.2 cm³/mol. The molecule has 0 atom stereocenters. The van der Waals surface area contributed by atoms with E-state index in [2.05, 4.69) is 6.92 Å². The molecule has 0 spiro atoms. The Morgan fingerprint density at radius 2 is 1.86 bits per heavy atom. The summed E-state index contributed by atoms with van der Waals surface area (Å²) in [6.45, 7) is 2.40. The van der Waals surface area contributed by atoms with Crippen molar-refractivity contribution in [2.75, 3.05) is 6.61 Å². The monoisotopic (exact) mass is 131 g/mol. The van der Waals surface area contributed by atoms with Crippen molar-refractivity contribution in [3.63, 3.8) is 0 Å². The summed E-state index contributed by atoms with van der Waals surface area (Å²) in [6.07, 6.45) is 2.04. The zero-order valence-electron chi connectivity index (χ0n) is 4.28. The summed E-state index contributed by atoms with van der Waals surface area (Å²) in [7, 11) is 0. The van der Waals surface area contributed by atoms with Crippen molar-refractivity contribution in [2.45, 2.75) is 19.8 Å². The van der Waals surface area contributed by atoms with Crippen LogP contribution in [0.4, 0.5) is 0 Å². The van der Waals surface area contributed by atoms with Gasteiger partial charge >= 0.3 is 51.4 Å². The topological polar surface area (TPSA) is 55.2 Å². The second-order valence-electron chi connectivity index (χ2n) is 1.08. The molecule has 0 aliphatic heterocycles. The average molecular weight is 131 g/mol. The third kappa shape index (κ3) is 18.4. The van der Waals surface area contributed by atoms with Gasteiger partial charge in [-0.15, -0.1) is 0 Å². The van der Waals surface area contributed by atoms with Crippen LogP contribution in [0.1, 0.15) is 19.8 Å². The van der Waals surface area contributed by atoms with Crippen LogP contribution in [-0.2, 0) is 0 Å². The van der Waals surface area contributed by atoms with Gasteiger partial charge in [0.1, 0.15) is 0 Å². The number of hydrogen-bond acceptors (Lipinski definition) is 2. The molecule has 0 aromatic carbocycles. The second-order valence-corrected chi connectivity index (χ2v) is 1.08. The molecule has 0 fully saturated rings. The van der Waals surface area contributed by atoms with E-state index < -0.39 is 0 Å². The van der Waals surface area contributed by atoms with Gasteiger partial charge in [-0.1, -0.05) is 13.3 Å². The summed E-state index contributed by atoms with van der Waals surface area (Å²) in [5.41, 5.74) is 0. The number of rotatable bonds is 2. The van der Waals surface area contributed by atoms with Crippen LogP contribution in [0, 0.1) is 0 Å². The van der Waals surface area contributed by atoms with E-state index in [1.165, 1.54) is 0 Å². The number of aliphatic hydroxyl groups excluding tert-OH is 1. The van der Waals surface area contributed by atoms with Crippen molar-refractivity contribution in [2.24, 2.45) is 0 Å². The van der Waals surface area contributed by atoms with Crippen molar-refractivity contribution < 1.29 is 5.11 Å². The Balaban J connectivity index is -0.0000000800. The third-order valence-corrected chi connectivity index (χ3v) is 0.512. The summed E-state index contributed by atoms with van der Waals surface area (Å²) in [5, 5.41) is 8.07. The molecule has 42 valence electrons. The first-order valence-corrected chi connectivity index (χ1v) is 2.02. The first-order chi connectivity index (χ1) is 2.41. The molecule has 0 aliphatic carbocycles. The minimum atomic E-state index is 0. The Bertz CT molecular complexity index is 19.2. The Kier molecular flexibility index (Phi) is 35.4. The molecule has 0 bridgehead atoms. The van der Waals surface area contributed by atoms with Gasteiger partial charge in [-0.25, -0.2) is 0 Å². The fourth-order valence-electron chi connectivity index (χ4n) is 0.158. The summed E-state index contributed by atoms with van der Waals surface area (Å²) >= 11 is 0. The van der Waals surface area contributed by atoms with Gasteiger partial charge in [0, 0.05) is 6.61 Å². The molecule has 0 rings (SSSR count). The zero-order valence-corrected chi connectivity index (χ0v) is 4.28. The van der Waals surface area contributed by atoms with Crippen LogP contribution in [-0.4, -0.2) is 63.1 Å². The number of aliphatic hydroxyl groups is 1. The van der Waals surface area contributed by atoms with E-state index in [4.69, 9.17) is 5.11 Å². The zero-order chi connectivity index (χ0) is 4.12. The van der Waals surface area contributed by atoms with Crippen LogP contribution >= 0.6 is 0 Å². The Hall–Kier alpha value is 1.56. The molecule has 0 aromatic rings. The molecule has 2 nitrogen and oxygen atoms in total. The first-order valence-electron chi connectivity index (χ1n) is 2.02. The quantitative estimate of drug-likeness (QED) is 0.529.